The Labute approximate surface area is 139 Å². The summed E-state index contributed by atoms with van der Waals surface area (Å²) in [4.78, 5) is 4.21. The average Bonchev–Trinajstić information content (AvgIpc) is 2.97. The number of nitriles is 1. The van der Waals surface area contributed by atoms with Crippen molar-refractivity contribution in [3.8, 4) is 6.07 Å². The molecule has 0 amide bonds. The van der Waals surface area contributed by atoms with E-state index in [9.17, 15) is 9.65 Å². The second-order valence-electron chi connectivity index (χ2n) is 5.98. The molecule has 2 aromatic rings. The normalized spacial score (nSPS) is 20.4. The molecule has 1 aliphatic rings. The van der Waals surface area contributed by atoms with Crippen LogP contribution in [-0.2, 0) is 0 Å². The van der Waals surface area contributed by atoms with Crippen LogP contribution >= 0.6 is 0 Å². The molecule has 1 fully saturated rings. The summed E-state index contributed by atoms with van der Waals surface area (Å²) >= 11 is 0. The van der Waals surface area contributed by atoms with E-state index in [1.54, 1.807) is 13.0 Å². The topological polar surface area (TPSA) is 113 Å². The number of nitrogens with one attached hydrogen (secondary N) is 2. The molecule has 126 valence electrons. The van der Waals surface area contributed by atoms with Gasteiger partial charge in [0, 0.05) is 18.2 Å². The first kappa shape index (κ1) is 16.2. The third-order valence-corrected chi connectivity index (χ3v) is 4.11. The first-order valence-electron chi connectivity index (χ1n) is 7.90. The summed E-state index contributed by atoms with van der Waals surface area (Å²) in [6, 6.07) is 4.66. The molecule has 1 aliphatic carbocycles. The Bertz CT molecular complexity index is 768. The maximum atomic E-state index is 14.3. The number of anilines is 3. The van der Waals surface area contributed by atoms with Gasteiger partial charge in [-0.1, -0.05) is 18.0 Å². The number of aryl methyl sites for hydroxylation is 1. The van der Waals surface area contributed by atoms with Crippen molar-refractivity contribution in [1.29, 1.82) is 5.26 Å². The predicted octanol–water partition coefficient (Wildman–Crippen LogP) is 2.81. The molecule has 2 atom stereocenters. The van der Waals surface area contributed by atoms with Gasteiger partial charge in [0.15, 0.2) is 17.5 Å². The van der Waals surface area contributed by atoms with E-state index in [4.69, 9.17) is 10.3 Å². The number of halogens is 1. The third kappa shape index (κ3) is 3.46. The summed E-state index contributed by atoms with van der Waals surface area (Å²) in [6.07, 6.45) is 3.90. The van der Waals surface area contributed by atoms with Gasteiger partial charge in [-0.3, -0.25) is 0 Å². The number of nitrogens with two attached hydrogens (primary N) is 1. The quantitative estimate of drug-likeness (QED) is 0.790. The monoisotopic (exact) mass is 330 g/mol. The molecule has 8 heteroatoms. The fourth-order valence-corrected chi connectivity index (χ4v) is 2.82. The highest BCUT2D eigenvalue weighted by Gasteiger charge is 2.24. The standard InChI is InChI=1S/C16H19FN6O/c1-9-6-14(24-23-9)21-15-10(8-18)7-11(17)16(22-15)20-13-5-3-2-4-12(13)19/h6-7,12-13H,2-5,19H2,1H3,(H2,20,21,22)/t12-,13+/m0/s1. The van der Waals surface area contributed by atoms with Crippen molar-refractivity contribution >= 4 is 17.5 Å². The minimum absolute atomic E-state index is 0.0333. The number of nitrogens with zero attached hydrogens (tertiary/aromatic N) is 3. The lowest BCUT2D eigenvalue weighted by atomic mass is 9.91. The molecule has 4 N–H and O–H groups in total. The Morgan fingerprint density at radius 3 is 2.79 bits per heavy atom. The van der Waals surface area contributed by atoms with Crippen molar-refractivity contribution in [3.05, 3.63) is 29.2 Å². The summed E-state index contributed by atoms with van der Waals surface area (Å²) in [5.41, 5.74) is 6.86. The smallest absolute Gasteiger partial charge is 0.230 e. The Balaban J connectivity index is 1.86. The van der Waals surface area contributed by atoms with Crippen LogP contribution < -0.4 is 16.4 Å². The number of aromatic nitrogens is 2. The van der Waals surface area contributed by atoms with E-state index in [2.05, 4.69) is 20.8 Å². The van der Waals surface area contributed by atoms with E-state index in [-0.39, 0.29) is 29.3 Å². The summed E-state index contributed by atoms with van der Waals surface area (Å²) in [6.45, 7) is 1.77. The molecule has 1 saturated carbocycles. The SMILES string of the molecule is Cc1cc(Nc2nc(N[C@@H]3CCCC[C@@H]3N)c(F)cc2C#N)on1. The van der Waals surface area contributed by atoms with Crippen molar-refractivity contribution in [1.82, 2.24) is 10.1 Å². The Morgan fingerprint density at radius 2 is 2.12 bits per heavy atom. The molecule has 0 saturated heterocycles. The summed E-state index contributed by atoms with van der Waals surface area (Å²) in [7, 11) is 0. The van der Waals surface area contributed by atoms with Crippen LogP contribution in [0.15, 0.2) is 16.7 Å². The lowest BCUT2D eigenvalue weighted by Crippen LogP contribution is -2.43. The van der Waals surface area contributed by atoms with Gasteiger partial charge >= 0.3 is 0 Å². The number of pyridine rings is 1. The molecule has 0 aromatic carbocycles. The average molecular weight is 330 g/mol. The highest BCUT2D eigenvalue weighted by atomic mass is 19.1. The minimum atomic E-state index is -0.580. The zero-order valence-corrected chi connectivity index (χ0v) is 13.3. The maximum absolute atomic E-state index is 14.3. The van der Waals surface area contributed by atoms with Gasteiger partial charge in [0.1, 0.15) is 6.07 Å². The summed E-state index contributed by atoms with van der Waals surface area (Å²) in [5, 5.41) is 18.9. The Kier molecular flexibility index (Phi) is 4.62. The molecule has 0 bridgehead atoms. The molecular formula is C16H19FN6O. The lowest BCUT2D eigenvalue weighted by molar-refractivity contribution is 0.402. The molecule has 24 heavy (non-hydrogen) atoms. The summed E-state index contributed by atoms with van der Waals surface area (Å²) in [5.74, 6) is 0.0454. The number of hydrogen-bond donors (Lipinski definition) is 3. The second-order valence-corrected chi connectivity index (χ2v) is 5.98. The molecule has 0 spiro atoms. The molecular weight excluding hydrogens is 311 g/mol. The van der Waals surface area contributed by atoms with E-state index >= 15 is 0 Å². The molecule has 0 radical (unpaired) electrons. The van der Waals surface area contributed by atoms with Crippen molar-refractivity contribution in [2.24, 2.45) is 5.73 Å². The van der Waals surface area contributed by atoms with Crippen LogP contribution in [0, 0.1) is 24.1 Å². The fourth-order valence-electron chi connectivity index (χ4n) is 2.82. The van der Waals surface area contributed by atoms with Gasteiger partial charge in [0.25, 0.3) is 0 Å². The Morgan fingerprint density at radius 1 is 1.33 bits per heavy atom. The molecule has 3 rings (SSSR count). The number of hydrogen-bond acceptors (Lipinski definition) is 7. The van der Waals surface area contributed by atoms with Crippen LogP contribution in [0.4, 0.5) is 21.9 Å². The lowest BCUT2D eigenvalue weighted by Gasteiger charge is -2.29. The Hall–Kier alpha value is -2.66. The molecule has 0 aliphatic heterocycles. The predicted molar refractivity (Wildman–Crippen MR) is 87.3 cm³/mol. The molecule has 0 unspecified atom stereocenters. The van der Waals surface area contributed by atoms with E-state index in [1.807, 2.05) is 6.07 Å². The van der Waals surface area contributed by atoms with E-state index < -0.39 is 5.82 Å². The minimum Gasteiger partial charge on any atom is -0.363 e. The zero-order valence-electron chi connectivity index (χ0n) is 13.3. The second kappa shape index (κ2) is 6.84. The maximum Gasteiger partial charge on any atom is 0.230 e. The van der Waals surface area contributed by atoms with Crippen LogP contribution in [0.1, 0.15) is 36.9 Å². The van der Waals surface area contributed by atoms with Crippen molar-refractivity contribution < 1.29 is 8.91 Å². The summed E-state index contributed by atoms with van der Waals surface area (Å²) < 4.78 is 19.3. The van der Waals surface area contributed by atoms with Crippen LogP contribution in [0.3, 0.4) is 0 Å². The van der Waals surface area contributed by atoms with Crippen LogP contribution in [0.2, 0.25) is 0 Å². The van der Waals surface area contributed by atoms with Crippen LogP contribution in [-0.4, -0.2) is 22.2 Å². The van der Waals surface area contributed by atoms with Crippen molar-refractivity contribution in [2.45, 2.75) is 44.7 Å². The van der Waals surface area contributed by atoms with E-state index in [0.717, 1.165) is 31.7 Å². The van der Waals surface area contributed by atoms with Crippen molar-refractivity contribution in [2.75, 3.05) is 10.6 Å². The van der Waals surface area contributed by atoms with Crippen LogP contribution in [0.5, 0.6) is 0 Å². The van der Waals surface area contributed by atoms with Gasteiger partial charge in [-0.05, 0) is 25.8 Å². The highest BCUT2D eigenvalue weighted by Crippen LogP contribution is 2.26. The highest BCUT2D eigenvalue weighted by molar-refractivity contribution is 5.62. The van der Waals surface area contributed by atoms with Crippen LogP contribution in [0.25, 0.3) is 0 Å². The third-order valence-electron chi connectivity index (χ3n) is 4.11. The molecule has 7 nitrogen and oxygen atoms in total. The van der Waals surface area contributed by atoms with Gasteiger partial charge in [0.05, 0.1) is 11.3 Å². The van der Waals surface area contributed by atoms with E-state index in [0.29, 0.717) is 11.6 Å². The first-order valence-corrected chi connectivity index (χ1v) is 7.90. The van der Waals surface area contributed by atoms with Gasteiger partial charge in [-0.2, -0.15) is 5.26 Å². The largest absolute Gasteiger partial charge is 0.363 e. The van der Waals surface area contributed by atoms with Gasteiger partial charge in [0.2, 0.25) is 5.88 Å². The van der Waals surface area contributed by atoms with Crippen molar-refractivity contribution in [3.63, 3.8) is 0 Å². The van der Waals surface area contributed by atoms with Gasteiger partial charge in [-0.15, -0.1) is 0 Å². The van der Waals surface area contributed by atoms with E-state index in [1.165, 1.54) is 0 Å². The number of rotatable bonds is 4. The van der Waals surface area contributed by atoms with Gasteiger partial charge < -0.3 is 20.9 Å². The molecule has 2 aromatic heterocycles. The fraction of sp³-hybridized carbons (Fsp3) is 0.438. The first-order chi connectivity index (χ1) is 11.6. The van der Waals surface area contributed by atoms with Gasteiger partial charge in [-0.25, -0.2) is 9.37 Å². The zero-order chi connectivity index (χ0) is 17.1. The molecule has 2 heterocycles.